The largest absolute Gasteiger partial charge is 0.339 e. The van der Waals surface area contributed by atoms with Crippen LogP contribution in [-0.4, -0.2) is 30.4 Å². The van der Waals surface area contributed by atoms with Crippen molar-refractivity contribution >= 4 is 5.91 Å². The Bertz CT molecular complexity index is 202. The molecule has 0 aromatic heterocycles. The van der Waals surface area contributed by atoms with Crippen LogP contribution in [0.3, 0.4) is 0 Å². The summed E-state index contributed by atoms with van der Waals surface area (Å²) < 4.78 is 0. The van der Waals surface area contributed by atoms with E-state index in [0.29, 0.717) is 13.0 Å². The number of nitrogens with two attached hydrogens (primary N) is 1. The first-order chi connectivity index (χ1) is 7.11. The van der Waals surface area contributed by atoms with Gasteiger partial charge in [-0.1, -0.05) is 18.6 Å². The van der Waals surface area contributed by atoms with Crippen LogP contribution in [0, 0.1) is 0 Å². The van der Waals surface area contributed by atoms with Crippen molar-refractivity contribution in [3.05, 3.63) is 12.2 Å². The van der Waals surface area contributed by atoms with Gasteiger partial charge >= 0.3 is 0 Å². The van der Waals surface area contributed by atoms with Gasteiger partial charge in [0.05, 0.1) is 0 Å². The summed E-state index contributed by atoms with van der Waals surface area (Å²) >= 11 is 0. The van der Waals surface area contributed by atoms with Crippen molar-refractivity contribution < 1.29 is 4.79 Å². The lowest BCUT2D eigenvalue weighted by molar-refractivity contribution is -0.130. The van der Waals surface area contributed by atoms with E-state index < -0.39 is 0 Å². The molecule has 15 heavy (non-hydrogen) atoms. The number of amides is 1. The lowest BCUT2D eigenvalue weighted by atomic mass is 10.1. The molecule has 0 aromatic carbocycles. The highest BCUT2D eigenvalue weighted by Crippen LogP contribution is 2.04. The van der Waals surface area contributed by atoms with E-state index >= 15 is 0 Å². The lowest BCUT2D eigenvalue weighted by Gasteiger charge is -2.20. The molecule has 0 spiro atoms. The minimum atomic E-state index is 0.234. The highest BCUT2D eigenvalue weighted by molar-refractivity contribution is 5.76. The maximum absolute atomic E-state index is 11.7. The SMILES string of the molecule is C=C(C)CN(CC)C(=O)CCCCCN. The predicted octanol–water partition coefficient (Wildman–Crippen LogP) is 1.93. The number of carbonyl (C=O) groups is 1. The van der Waals surface area contributed by atoms with E-state index in [1.165, 1.54) is 0 Å². The van der Waals surface area contributed by atoms with Crippen LogP contribution in [0.15, 0.2) is 12.2 Å². The second-order valence-electron chi connectivity index (χ2n) is 3.96. The van der Waals surface area contributed by atoms with Gasteiger partial charge in [0.1, 0.15) is 0 Å². The Balaban J connectivity index is 3.78. The average molecular weight is 212 g/mol. The van der Waals surface area contributed by atoms with Crippen molar-refractivity contribution in [1.29, 1.82) is 0 Å². The van der Waals surface area contributed by atoms with E-state index in [1.807, 2.05) is 18.7 Å². The fourth-order valence-electron chi connectivity index (χ4n) is 1.46. The van der Waals surface area contributed by atoms with Crippen molar-refractivity contribution in [2.75, 3.05) is 19.6 Å². The van der Waals surface area contributed by atoms with E-state index in [1.54, 1.807) is 0 Å². The van der Waals surface area contributed by atoms with E-state index in [-0.39, 0.29) is 5.91 Å². The number of nitrogens with zero attached hydrogens (tertiary/aromatic N) is 1. The van der Waals surface area contributed by atoms with Crippen LogP contribution in [-0.2, 0) is 4.79 Å². The van der Waals surface area contributed by atoms with Crippen molar-refractivity contribution in [1.82, 2.24) is 4.90 Å². The Hall–Kier alpha value is -0.830. The minimum Gasteiger partial charge on any atom is -0.339 e. The van der Waals surface area contributed by atoms with Crippen LogP contribution in [0.25, 0.3) is 0 Å². The molecule has 0 rings (SSSR count). The van der Waals surface area contributed by atoms with Crippen LogP contribution in [0.4, 0.5) is 0 Å². The Kier molecular flexibility index (Phi) is 8.01. The van der Waals surface area contributed by atoms with Gasteiger partial charge in [0.15, 0.2) is 0 Å². The van der Waals surface area contributed by atoms with E-state index in [0.717, 1.165) is 37.9 Å². The Morgan fingerprint density at radius 2 is 2.00 bits per heavy atom. The maximum atomic E-state index is 11.7. The number of unbranched alkanes of at least 4 members (excludes halogenated alkanes) is 2. The summed E-state index contributed by atoms with van der Waals surface area (Å²) in [4.78, 5) is 13.6. The van der Waals surface area contributed by atoms with Crippen molar-refractivity contribution in [3.8, 4) is 0 Å². The first-order valence-electron chi connectivity index (χ1n) is 5.74. The van der Waals surface area contributed by atoms with Gasteiger partial charge in [0, 0.05) is 19.5 Å². The molecule has 88 valence electrons. The number of carbonyl (C=O) groups excluding carboxylic acids is 1. The zero-order chi connectivity index (χ0) is 11.7. The quantitative estimate of drug-likeness (QED) is 0.493. The zero-order valence-corrected chi connectivity index (χ0v) is 10.1. The average Bonchev–Trinajstić information content (AvgIpc) is 2.20. The van der Waals surface area contributed by atoms with E-state index in [9.17, 15) is 4.79 Å². The summed E-state index contributed by atoms with van der Waals surface area (Å²) in [6.07, 6.45) is 3.65. The Morgan fingerprint density at radius 1 is 1.33 bits per heavy atom. The highest BCUT2D eigenvalue weighted by Gasteiger charge is 2.10. The van der Waals surface area contributed by atoms with E-state index in [2.05, 4.69) is 6.58 Å². The molecule has 0 aliphatic heterocycles. The third kappa shape index (κ3) is 7.14. The molecule has 0 aromatic rings. The smallest absolute Gasteiger partial charge is 0.222 e. The molecule has 0 atom stereocenters. The van der Waals surface area contributed by atoms with Gasteiger partial charge in [-0.3, -0.25) is 4.79 Å². The summed E-state index contributed by atoms with van der Waals surface area (Å²) in [5.41, 5.74) is 6.42. The molecule has 0 saturated carbocycles. The molecule has 0 heterocycles. The molecule has 0 aliphatic carbocycles. The van der Waals surface area contributed by atoms with Gasteiger partial charge in [-0.2, -0.15) is 0 Å². The van der Waals surface area contributed by atoms with Crippen LogP contribution in [0.2, 0.25) is 0 Å². The van der Waals surface area contributed by atoms with Crippen LogP contribution in [0.5, 0.6) is 0 Å². The first kappa shape index (κ1) is 14.2. The molecule has 3 heteroatoms. The normalized spacial score (nSPS) is 10.1. The van der Waals surface area contributed by atoms with Crippen LogP contribution in [0.1, 0.15) is 39.5 Å². The molecule has 0 unspecified atom stereocenters. The van der Waals surface area contributed by atoms with Gasteiger partial charge in [-0.25, -0.2) is 0 Å². The standard InChI is InChI=1S/C12H24N2O/c1-4-14(10-11(2)3)12(15)8-6-5-7-9-13/h2,4-10,13H2,1,3H3. The number of hydrogen-bond acceptors (Lipinski definition) is 2. The summed E-state index contributed by atoms with van der Waals surface area (Å²) in [7, 11) is 0. The summed E-state index contributed by atoms with van der Waals surface area (Å²) in [5.74, 6) is 0.234. The molecular formula is C12H24N2O. The molecule has 2 N–H and O–H groups in total. The predicted molar refractivity (Wildman–Crippen MR) is 64.6 cm³/mol. The van der Waals surface area contributed by atoms with Gasteiger partial charge < -0.3 is 10.6 Å². The fraction of sp³-hybridized carbons (Fsp3) is 0.750. The van der Waals surface area contributed by atoms with Gasteiger partial charge in [-0.15, -0.1) is 0 Å². The first-order valence-corrected chi connectivity index (χ1v) is 5.74. The fourth-order valence-corrected chi connectivity index (χ4v) is 1.46. The minimum absolute atomic E-state index is 0.234. The Labute approximate surface area is 93.3 Å². The molecule has 0 fully saturated rings. The van der Waals surface area contributed by atoms with E-state index in [4.69, 9.17) is 5.73 Å². The van der Waals surface area contributed by atoms with Crippen LogP contribution < -0.4 is 5.73 Å². The van der Waals surface area contributed by atoms with Crippen molar-refractivity contribution in [2.45, 2.75) is 39.5 Å². The second-order valence-corrected chi connectivity index (χ2v) is 3.96. The van der Waals surface area contributed by atoms with Crippen molar-refractivity contribution in [3.63, 3.8) is 0 Å². The number of rotatable bonds is 8. The highest BCUT2D eigenvalue weighted by atomic mass is 16.2. The molecule has 0 radical (unpaired) electrons. The molecule has 1 amide bonds. The lowest BCUT2D eigenvalue weighted by Crippen LogP contribution is -2.31. The monoisotopic (exact) mass is 212 g/mol. The third-order valence-electron chi connectivity index (χ3n) is 2.29. The molecule has 3 nitrogen and oxygen atoms in total. The van der Waals surface area contributed by atoms with Gasteiger partial charge in [0.25, 0.3) is 0 Å². The number of hydrogen-bond donors (Lipinski definition) is 1. The molecule has 0 bridgehead atoms. The van der Waals surface area contributed by atoms with Gasteiger partial charge in [0.2, 0.25) is 5.91 Å². The third-order valence-corrected chi connectivity index (χ3v) is 2.29. The van der Waals surface area contributed by atoms with Crippen molar-refractivity contribution in [2.24, 2.45) is 5.73 Å². The molecular weight excluding hydrogens is 188 g/mol. The molecule has 0 aliphatic rings. The summed E-state index contributed by atoms with van der Waals surface area (Å²) in [6, 6.07) is 0. The maximum Gasteiger partial charge on any atom is 0.222 e. The van der Waals surface area contributed by atoms with Gasteiger partial charge in [-0.05, 0) is 33.2 Å². The summed E-state index contributed by atoms with van der Waals surface area (Å²) in [5, 5.41) is 0. The second kappa shape index (κ2) is 8.48. The topological polar surface area (TPSA) is 46.3 Å². The number of likely N-dealkylation sites (N-methyl/N-ethyl adjacent to an activating group) is 1. The van der Waals surface area contributed by atoms with Crippen LogP contribution >= 0.6 is 0 Å². The summed E-state index contributed by atoms with van der Waals surface area (Å²) in [6.45, 7) is 9.95. The molecule has 0 saturated heterocycles. The Morgan fingerprint density at radius 3 is 2.47 bits per heavy atom. The zero-order valence-electron chi connectivity index (χ0n) is 10.1.